The third-order valence-electron chi connectivity index (χ3n) is 3.56. The van der Waals surface area contributed by atoms with E-state index < -0.39 is 0 Å². The molecule has 0 aliphatic rings. The van der Waals surface area contributed by atoms with Gasteiger partial charge in [-0.15, -0.1) is 0 Å². The van der Waals surface area contributed by atoms with Crippen LogP contribution in [0.1, 0.15) is 35.2 Å². The number of hydrogen-bond donors (Lipinski definition) is 1. The molecule has 1 nitrogen and oxygen atoms in total. The van der Waals surface area contributed by atoms with Crippen LogP contribution in [0.5, 0.6) is 0 Å². The molecule has 2 aromatic carbocycles. The van der Waals surface area contributed by atoms with Gasteiger partial charge in [-0.3, -0.25) is 0 Å². The van der Waals surface area contributed by atoms with Gasteiger partial charge in [0.25, 0.3) is 0 Å². The Morgan fingerprint density at radius 1 is 1.05 bits per heavy atom. The van der Waals surface area contributed by atoms with E-state index in [4.69, 9.17) is 11.6 Å². The minimum absolute atomic E-state index is 0.344. The molecule has 100 valence electrons. The molecule has 0 saturated carbocycles. The quantitative estimate of drug-likeness (QED) is 0.843. The van der Waals surface area contributed by atoms with Crippen molar-refractivity contribution in [3.05, 3.63) is 69.7 Å². The molecule has 1 N–H and O–H groups in total. The second-order valence-corrected chi connectivity index (χ2v) is 5.47. The van der Waals surface area contributed by atoms with Crippen LogP contribution >= 0.6 is 11.6 Å². The number of hydrogen-bond acceptors (Lipinski definition) is 1. The number of nitrogens with one attached hydrogen (secondary N) is 1. The first-order valence-electron chi connectivity index (χ1n) is 6.62. The smallest absolute Gasteiger partial charge is 0.0408 e. The third kappa shape index (κ3) is 3.59. The monoisotopic (exact) mass is 273 g/mol. The Balaban J connectivity index is 2.04. The first-order valence-corrected chi connectivity index (χ1v) is 6.99. The van der Waals surface area contributed by atoms with Crippen molar-refractivity contribution < 1.29 is 0 Å². The maximum Gasteiger partial charge on any atom is 0.0408 e. The van der Waals surface area contributed by atoms with Gasteiger partial charge in [0.1, 0.15) is 0 Å². The van der Waals surface area contributed by atoms with Gasteiger partial charge in [0.05, 0.1) is 0 Å². The minimum Gasteiger partial charge on any atom is -0.306 e. The van der Waals surface area contributed by atoms with E-state index in [1.807, 2.05) is 12.1 Å². The summed E-state index contributed by atoms with van der Waals surface area (Å²) in [5.74, 6) is 0. The average molecular weight is 274 g/mol. The first kappa shape index (κ1) is 14.1. The van der Waals surface area contributed by atoms with Crippen molar-refractivity contribution in [3.8, 4) is 0 Å². The lowest BCUT2D eigenvalue weighted by atomic mass is 10.0. The number of benzene rings is 2. The van der Waals surface area contributed by atoms with Crippen LogP contribution < -0.4 is 5.32 Å². The highest BCUT2D eigenvalue weighted by atomic mass is 35.5. The summed E-state index contributed by atoms with van der Waals surface area (Å²) in [7, 11) is 0. The molecule has 0 radical (unpaired) electrons. The maximum atomic E-state index is 5.98. The third-order valence-corrected chi connectivity index (χ3v) is 3.79. The number of aryl methyl sites for hydroxylation is 2. The Morgan fingerprint density at radius 2 is 1.79 bits per heavy atom. The minimum atomic E-state index is 0.344. The lowest BCUT2D eigenvalue weighted by Gasteiger charge is -2.17. The van der Waals surface area contributed by atoms with Crippen LogP contribution in [0.25, 0.3) is 0 Å². The van der Waals surface area contributed by atoms with Crippen molar-refractivity contribution in [2.45, 2.75) is 33.4 Å². The maximum absolute atomic E-state index is 5.98. The van der Waals surface area contributed by atoms with Gasteiger partial charge in [0.15, 0.2) is 0 Å². The molecule has 0 spiro atoms. The molecule has 2 rings (SSSR count). The van der Waals surface area contributed by atoms with Gasteiger partial charge in [0.2, 0.25) is 0 Å². The SMILES string of the molecule is Cc1cc(Cl)ccc1CN[C@@H](C)c1ccccc1C. The molecule has 0 aromatic heterocycles. The Hall–Kier alpha value is -1.31. The van der Waals surface area contributed by atoms with E-state index in [9.17, 15) is 0 Å². The van der Waals surface area contributed by atoms with Crippen molar-refractivity contribution >= 4 is 11.6 Å². The van der Waals surface area contributed by atoms with Crippen LogP contribution in [0.15, 0.2) is 42.5 Å². The molecular formula is C17H20ClN. The summed E-state index contributed by atoms with van der Waals surface area (Å²) < 4.78 is 0. The molecule has 0 aliphatic carbocycles. The Kier molecular flexibility index (Phi) is 4.62. The van der Waals surface area contributed by atoms with E-state index >= 15 is 0 Å². The largest absolute Gasteiger partial charge is 0.306 e. The predicted molar refractivity (Wildman–Crippen MR) is 82.6 cm³/mol. The topological polar surface area (TPSA) is 12.0 Å². The molecule has 1 atom stereocenters. The summed E-state index contributed by atoms with van der Waals surface area (Å²) >= 11 is 5.98. The van der Waals surface area contributed by atoms with Crippen molar-refractivity contribution in [1.29, 1.82) is 0 Å². The van der Waals surface area contributed by atoms with E-state index in [2.05, 4.69) is 56.4 Å². The predicted octanol–water partition coefficient (Wildman–Crippen LogP) is 4.81. The molecule has 0 heterocycles. The van der Waals surface area contributed by atoms with Gasteiger partial charge >= 0.3 is 0 Å². The molecule has 2 heteroatoms. The van der Waals surface area contributed by atoms with Crippen LogP contribution in [0.3, 0.4) is 0 Å². The lowest BCUT2D eigenvalue weighted by molar-refractivity contribution is 0.571. The molecular weight excluding hydrogens is 254 g/mol. The number of halogens is 1. The summed E-state index contributed by atoms with van der Waals surface area (Å²) in [6, 6.07) is 14.9. The van der Waals surface area contributed by atoms with Crippen LogP contribution in [0.4, 0.5) is 0 Å². The second-order valence-electron chi connectivity index (χ2n) is 5.03. The standard InChI is InChI=1S/C17H20ClN/c1-12-6-4-5-7-17(12)14(3)19-11-15-8-9-16(18)10-13(15)2/h4-10,14,19H,11H2,1-3H3/t14-/m0/s1. The van der Waals surface area contributed by atoms with Crippen molar-refractivity contribution in [3.63, 3.8) is 0 Å². The van der Waals surface area contributed by atoms with Crippen LogP contribution in [-0.4, -0.2) is 0 Å². The van der Waals surface area contributed by atoms with Gasteiger partial charge in [-0.1, -0.05) is 41.9 Å². The molecule has 0 amide bonds. The highest BCUT2D eigenvalue weighted by Crippen LogP contribution is 2.19. The Bertz CT molecular complexity index is 563. The van der Waals surface area contributed by atoms with E-state index in [0.29, 0.717) is 6.04 Å². The molecule has 0 saturated heterocycles. The molecule has 0 aliphatic heterocycles. The molecule has 0 unspecified atom stereocenters. The summed E-state index contributed by atoms with van der Waals surface area (Å²) in [5, 5.41) is 4.37. The Labute approximate surface area is 120 Å². The average Bonchev–Trinajstić information content (AvgIpc) is 2.38. The fourth-order valence-electron chi connectivity index (χ4n) is 2.30. The highest BCUT2D eigenvalue weighted by Gasteiger charge is 2.08. The summed E-state index contributed by atoms with van der Waals surface area (Å²) in [6.07, 6.45) is 0. The summed E-state index contributed by atoms with van der Waals surface area (Å²) in [5.41, 5.74) is 5.21. The Morgan fingerprint density at radius 3 is 2.47 bits per heavy atom. The van der Waals surface area contributed by atoms with Crippen LogP contribution in [0, 0.1) is 13.8 Å². The molecule has 2 aromatic rings. The first-order chi connectivity index (χ1) is 9.08. The molecule has 0 bridgehead atoms. The normalized spacial score (nSPS) is 12.4. The van der Waals surface area contributed by atoms with E-state index in [0.717, 1.165) is 11.6 Å². The van der Waals surface area contributed by atoms with E-state index in [1.165, 1.54) is 22.3 Å². The van der Waals surface area contributed by atoms with E-state index in [1.54, 1.807) is 0 Å². The van der Waals surface area contributed by atoms with Gasteiger partial charge < -0.3 is 5.32 Å². The summed E-state index contributed by atoms with van der Waals surface area (Å²) in [6.45, 7) is 7.31. The zero-order valence-electron chi connectivity index (χ0n) is 11.7. The van der Waals surface area contributed by atoms with Gasteiger partial charge in [-0.2, -0.15) is 0 Å². The zero-order chi connectivity index (χ0) is 13.8. The fourth-order valence-corrected chi connectivity index (χ4v) is 2.53. The molecule has 0 fully saturated rings. The van der Waals surface area contributed by atoms with Crippen molar-refractivity contribution in [1.82, 2.24) is 5.32 Å². The van der Waals surface area contributed by atoms with Gasteiger partial charge in [-0.05, 0) is 55.2 Å². The zero-order valence-corrected chi connectivity index (χ0v) is 12.5. The fraction of sp³-hybridized carbons (Fsp3) is 0.294. The number of rotatable bonds is 4. The lowest BCUT2D eigenvalue weighted by Crippen LogP contribution is -2.19. The van der Waals surface area contributed by atoms with Gasteiger partial charge in [0, 0.05) is 17.6 Å². The second kappa shape index (κ2) is 6.23. The van der Waals surface area contributed by atoms with E-state index in [-0.39, 0.29) is 0 Å². The van der Waals surface area contributed by atoms with Crippen molar-refractivity contribution in [2.75, 3.05) is 0 Å². The highest BCUT2D eigenvalue weighted by molar-refractivity contribution is 6.30. The summed E-state index contributed by atoms with van der Waals surface area (Å²) in [4.78, 5) is 0. The van der Waals surface area contributed by atoms with Crippen LogP contribution in [0.2, 0.25) is 5.02 Å². The van der Waals surface area contributed by atoms with Crippen molar-refractivity contribution in [2.24, 2.45) is 0 Å². The van der Waals surface area contributed by atoms with Crippen LogP contribution in [-0.2, 0) is 6.54 Å². The van der Waals surface area contributed by atoms with Gasteiger partial charge in [-0.25, -0.2) is 0 Å². The molecule has 19 heavy (non-hydrogen) atoms.